The molecule has 0 aliphatic carbocycles. The van der Waals surface area contributed by atoms with E-state index in [0.29, 0.717) is 12.6 Å². The van der Waals surface area contributed by atoms with Gasteiger partial charge in [0.1, 0.15) is 0 Å². The standard InChI is InChI=1S/C17H26BrN3O2/c1-13-11-14(6-7-16(13)18)20-17(23)19-8-2-3-9-21-10-4-5-15(21)12-22/h6-7,11,15,22H,2-5,8-10,12H2,1H3,(H2,19,20,23). The van der Waals surface area contributed by atoms with Gasteiger partial charge >= 0.3 is 6.03 Å². The van der Waals surface area contributed by atoms with Crippen molar-refractivity contribution < 1.29 is 9.90 Å². The topological polar surface area (TPSA) is 64.6 Å². The largest absolute Gasteiger partial charge is 0.395 e. The Labute approximate surface area is 146 Å². The molecule has 1 aromatic rings. The lowest BCUT2D eigenvalue weighted by Gasteiger charge is -2.22. The summed E-state index contributed by atoms with van der Waals surface area (Å²) in [5.74, 6) is 0. The summed E-state index contributed by atoms with van der Waals surface area (Å²) in [7, 11) is 0. The number of aryl methyl sites for hydroxylation is 1. The van der Waals surface area contributed by atoms with Crippen LogP contribution in [0.25, 0.3) is 0 Å². The predicted octanol–water partition coefficient (Wildman–Crippen LogP) is 3.12. The Kier molecular flexibility index (Phi) is 7.33. The number of halogens is 1. The average molecular weight is 384 g/mol. The first kappa shape index (κ1) is 18.2. The number of hydrogen-bond acceptors (Lipinski definition) is 3. The fourth-order valence-corrected chi connectivity index (χ4v) is 3.18. The first-order chi connectivity index (χ1) is 11.1. The maximum atomic E-state index is 11.8. The average Bonchev–Trinajstić information content (AvgIpc) is 2.98. The molecule has 0 spiro atoms. The van der Waals surface area contributed by atoms with Crippen LogP contribution < -0.4 is 10.6 Å². The van der Waals surface area contributed by atoms with E-state index >= 15 is 0 Å². The lowest BCUT2D eigenvalue weighted by atomic mass is 10.2. The van der Waals surface area contributed by atoms with Crippen molar-refractivity contribution in [1.82, 2.24) is 10.2 Å². The highest BCUT2D eigenvalue weighted by Crippen LogP contribution is 2.20. The van der Waals surface area contributed by atoms with Gasteiger partial charge in [-0.3, -0.25) is 4.90 Å². The van der Waals surface area contributed by atoms with Crippen molar-refractivity contribution in [3.63, 3.8) is 0 Å². The monoisotopic (exact) mass is 383 g/mol. The molecule has 1 aliphatic rings. The van der Waals surface area contributed by atoms with Crippen LogP contribution in [0.2, 0.25) is 0 Å². The molecule has 0 aromatic heterocycles. The number of carbonyl (C=O) groups is 1. The number of urea groups is 1. The molecule has 3 N–H and O–H groups in total. The van der Waals surface area contributed by atoms with E-state index in [-0.39, 0.29) is 12.6 Å². The Balaban J connectivity index is 1.60. The number of rotatable bonds is 7. The number of nitrogens with one attached hydrogen (secondary N) is 2. The zero-order valence-electron chi connectivity index (χ0n) is 13.6. The third-order valence-electron chi connectivity index (χ3n) is 4.28. The highest BCUT2D eigenvalue weighted by molar-refractivity contribution is 9.10. The molecule has 128 valence electrons. The van der Waals surface area contributed by atoms with Gasteiger partial charge in [0.25, 0.3) is 0 Å². The second-order valence-electron chi connectivity index (χ2n) is 6.07. The Bertz CT molecular complexity index is 525. The second-order valence-corrected chi connectivity index (χ2v) is 6.92. The number of aliphatic hydroxyl groups excluding tert-OH is 1. The van der Waals surface area contributed by atoms with Crippen LogP contribution >= 0.6 is 15.9 Å². The summed E-state index contributed by atoms with van der Waals surface area (Å²) < 4.78 is 1.03. The quantitative estimate of drug-likeness (QED) is 0.633. The van der Waals surface area contributed by atoms with Gasteiger partial charge in [-0.25, -0.2) is 4.79 Å². The minimum atomic E-state index is -0.166. The SMILES string of the molecule is Cc1cc(NC(=O)NCCCCN2CCCC2CO)ccc1Br. The van der Waals surface area contributed by atoms with Crippen molar-refractivity contribution in [2.24, 2.45) is 0 Å². The van der Waals surface area contributed by atoms with Crippen LogP contribution in [0.3, 0.4) is 0 Å². The van der Waals surface area contributed by atoms with Crippen LogP contribution in [0.5, 0.6) is 0 Å². The smallest absolute Gasteiger partial charge is 0.319 e. The first-order valence-corrected chi connectivity index (χ1v) is 9.05. The van der Waals surface area contributed by atoms with E-state index in [9.17, 15) is 9.90 Å². The lowest BCUT2D eigenvalue weighted by molar-refractivity contribution is 0.157. The number of amides is 2. The van der Waals surface area contributed by atoms with Gasteiger partial charge in [0, 0.05) is 22.7 Å². The van der Waals surface area contributed by atoms with Gasteiger partial charge in [-0.2, -0.15) is 0 Å². The first-order valence-electron chi connectivity index (χ1n) is 8.26. The number of carbonyl (C=O) groups excluding carboxylic acids is 1. The van der Waals surface area contributed by atoms with E-state index < -0.39 is 0 Å². The van der Waals surface area contributed by atoms with E-state index in [2.05, 4.69) is 31.5 Å². The maximum Gasteiger partial charge on any atom is 0.319 e. The molecular formula is C17H26BrN3O2. The number of likely N-dealkylation sites (tertiary alicyclic amines) is 1. The minimum absolute atomic E-state index is 0.166. The molecule has 1 unspecified atom stereocenters. The molecule has 2 rings (SSSR count). The lowest BCUT2D eigenvalue weighted by Crippen LogP contribution is -2.34. The van der Waals surface area contributed by atoms with Crippen LogP contribution in [0.4, 0.5) is 10.5 Å². The molecule has 1 atom stereocenters. The molecular weight excluding hydrogens is 358 g/mol. The van der Waals surface area contributed by atoms with E-state index in [0.717, 1.165) is 48.1 Å². The number of hydrogen-bond donors (Lipinski definition) is 3. The summed E-state index contributed by atoms with van der Waals surface area (Å²) in [5.41, 5.74) is 1.89. The number of aliphatic hydroxyl groups is 1. The maximum absolute atomic E-state index is 11.8. The minimum Gasteiger partial charge on any atom is -0.395 e. The van der Waals surface area contributed by atoms with Gasteiger partial charge in [-0.15, -0.1) is 0 Å². The third-order valence-corrected chi connectivity index (χ3v) is 5.17. The zero-order valence-corrected chi connectivity index (χ0v) is 15.2. The van der Waals surface area contributed by atoms with Gasteiger partial charge in [0.15, 0.2) is 0 Å². The molecule has 6 heteroatoms. The van der Waals surface area contributed by atoms with Gasteiger partial charge < -0.3 is 15.7 Å². The van der Waals surface area contributed by atoms with E-state index in [1.807, 2.05) is 25.1 Å². The molecule has 0 saturated carbocycles. The Morgan fingerprint density at radius 1 is 1.43 bits per heavy atom. The normalized spacial score (nSPS) is 18.1. The number of unbranched alkanes of at least 4 members (excludes halogenated alkanes) is 1. The molecule has 1 heterocycles. The molecule has 23 heavy (non-hydrogen) atoms. The molecule has 1 saturated heterocycles. The van der Waals surface area contributed by atoms with Gasteiger partial charge in [0.2, 0.25) is 0 Å². The summed E-state index contributed by atoms with van der Waals surface area (Å²) in [5, 5.41) is 15.0. The highest BCUT2D eigenvalue weighted by atomic mass is 79.9. The third kappa shape index (κ3) is 5.79. The van der Waals surface area contributed by atoms with Crippen LogP contribution in [-0.2, 0) is 0 Å². The summed E-state index contributed by atoms with van der Waals surface area (Å²) in [6.45, 7) is 5.00. The summed E-state index contributed by atoms with van der Waals surface area (Å²) in [6, 6.07) is 5.91. The molecule has 0 bridgehead atoms. The van der Waals surface area contributed by atoms with Crippen molar-refractivity contribution in [2.75, 3.05) is 31.6 Å². The van der Waals surface area contributed by atoms with Crippen LogP contribution in [0.1, 0.15) is 31.2 Å². The van der Waals surface area contributed by atoms with Crippen molar-refractivity contribution in [2.45, 2.75) is 38.6 Å². The fourth-order valence-electron chi connectivity index (χ4n) is 2.94. The number of benzene rings is 1. The zero-order chi connectivity index (χ0) is 16.7. The summed E-state index contributed by atoms with van der Waals surface area (Å²) in [4.78, 5) is 14.2. The Morgan fingerprint density at radius 3 is 3.00 bits per heavy atom. The molecule has 1 aromatic carbocycles. The van der Waals surface area contributed by atoms with Gasteiger partial charge in [-0.05, 0) is 69.5 Å². The van der Waals surface area contributed by atoms with Crippen molar-refractivity contribution in [3.05, 3.63) is 28.2 Å². The Hall–Kier alpha value is -1.11. The summed E-state index contributed by atoms with van der Waals surface area (Å²) >= 11 is 3.44. The van der Waals surface area contributed by atoms with Gasteiger partial charge in [0.05, 0.1) is 6.61 Å². The molecule has 1 aliphatic heterocycles. The fraction of sp³-hybridized carbons (Fsp3) is 0.588. The van der Waals surface area contributed by atoms with Crippen LogP contribution in [0, 0.1) is 6.92 Å². The van der Waals surface area contributed by atoms with E-state index in [1.165, 1.54) is 6.42 Å². The molecule has 2 amide bonds. The van der Waals surface area contributed by atoms with Crippen molar-refractivity contribution in [1.29, 1.82) is 0 Å². The molecule has 1 fully saturated rings. The van der Waals surface area contributed by atoms with Crippen molar-refractivity contribution in [3.8, 4) is 0 Å². The molecule has 5 nitrogen and oxygen atoms in total. The van der Waals surface area contributed by atoms with Crippen molar-refractivity contribution >= 4 is 27.6 Å². The number of nitrogens with zero attached hydrogens (tertiary/aromatic N) is 1. The second kappa shape index (κ2) is 9.25. The summed E-state index contributed by atoms with van der Waals surface area (Å²) in [6.07, 6.45) is 4.26. The van der Waals surface area contributed by atoms with Crippen LogP contribution in [-0.4, -0.2) is 48.3 Å². The van der Waals surface area contributed by atoms with Crippen LogP contribution in [0.15, 0.2) is 22.7 Å². The molecule has 0 radical (unpaired) electrons. The Morgan fingerprint density at radius 2 is 2.26 bits per heavy atom. The highest BCUT2D eigenvalue weighted by Gasteiger charge is 2.22. The predicted molar refractivity (Wildman–Crippen MR) is 96.8 cm³/mol. The van der Waals surface area contributed by atoms with E-state index in [4.69, 9.17) is 0 Å². The van der Waals surface area contributed by atoms with Gasteiger partial charge in [-0.1, -0.05) is 15.9 Å². The van der Waals surface area contributed by atoms with E-state index in [1.54, 1.807) is 0 Å². The number of anilines is 1.